The smallest absolute Gasteiger partial charge is 0.311 e. The molecule has 1 heterocycles. The molecule has 0 aromatic rings. The molecule has 4 heteroatoms. The number of hydrogen-bond acceptors (Lipinski definition) is 2. The van der Waals surface area contributed by atoms with Crippen LogP contribution in [0.3, 0.4) is 0 Å². The second-order valence-electron chi connectivity index (χ2n) is 6.89. The van der Waals surface area contributed by atoms with E-state index in [-0.39, 0.29) is 11.3 Å². The third kappa shape index (κ3) is 2.70. The summed E-state index contributed by atoms with van der Waals surface area (Å²) in [7, 11) is 0. The summed E-state index contributed by atoms with van der Waals surface area (Å²) >= 11 is 0. The lowest BCUT2D eigenvalue weighted by Crippen LogP contribution is -2.53. The van der Waals surface area contributed by atoms with Crippen molar-refractivity contribution in [3.8, 4) is 0 Å². The van der Waals surface area contributed by atoms with Crippen molar-refractivity contribution < 1.29 is 14.7 Å². The Morgan fingerprint density at radius 2 is 1.75 bits per heavy atom. The van der Waals surface area contributed by atoms with Gasteiger partial charge in [-0.2, -0.15) is 0 Å². The highest BCUT2D eigenvalue weighted by molar-refractivity contribution is 5.84. The Morgan fingerprint density at radius 1 is 1.10 bits per heavy atom. The minimum absolute atomic E-state index is 0.213. The lowest BCUT2D eigenvalue weighted by Gasteiger charge is -2.44. The van der Waals surface area contributed by atoms with Gasteiger partial charge < -0.3 is 10.0 Å². The van der Waals surface area contributed by atoms with Gasteiger partial charge in [0.25, 0.3) is 0 Å². The molecule has 2 rings (SSSR count). The Labute approximate surface area is 121 Å². The van der Waals surface area contributed by atoms with Crippen molar-refractivity contribution in [3.05, 3.63) is 0 Å². The average Bonchev–Trinajstić information content (AvgIpc) is 2.47. The van der Waals surface area contributed by atoms with Gasteiger partial charge in [0.2, 0.25) is 5.91 Å². The zero-order chi connectivity index (χ0) is 14.8. The molecule has 0 spiro atoms. The Balaban J connectivity index is 2.13. The zero-order valence-corrected chi connectivity index (χ0v) is 12.8. The van der Waals surface area contributed by atoms with Crippen LogP contribution in [-0.4, -0.2) is 35.0 Å². The molecule has 1 saturated carbocycles. The number of rotatable bonds is 3. The Kier molecular flexibility index (Phi) is 4.40. The van der Waals surface area contributed by atoms with Gasteiger partial charge in [-0.25, -0.2) is 0 Å². The van der Waals surface area contributed by atoms with Gasteiger partial charge >= 0.3 is 5.97 Å². The van der Waals surface area contributed by atoms with E-state index in [4.69, 9.17) is 0 Å². The molecular formula is C16H27NO3. The summed E-state index contributed by atoms with van der Waals surface area (Å²) in [6.45, 7) is 4.98. The minimum atomic E-state index is -0.774. The fraction of sp³-hybridized carbons (Fsp3) is 0.875. The number of aliphatic carboxylic acids is 1. The molecule has 1 aliphatic carbocycles. The Morgan fingerprint density at radius 3 is 2.30 bits per heavy atom. The van der Waals surface area contributed by atoms with E-state index in [1.807, 2.05) is 4.90 Å². The van der Waals surface area contributed by atoms with Gasteiger partial charge in [0.1, 0.15) is 0 Å². The highest BCUT2D eigenvalue weighted by Gasteiger charge is 2.45. The topological polar surface area (TPSA) is 57.6 Å². The van der Waals surface area contributed by atoms with Crippen LogP contribution in [0.5, 0.6) is 0 Å². The predicted octanol–water partition coefficient (Wildman–Crippen LogP) is 3.06. The van der Waals surface area contributed by atoms with Crippen molar-refractivity contribution in [2.24, 2.45) is 10.8 Å². The van der Waals surface area contributed by atoms with Crippen LogP contribution in [0.1, 0.15) is 65.2 Å². The summed E-state index contributed by atoms with van der Waals surface area (Å²) in [6, 6.07) is 0. The van der Waals surface area contributed by atoms with Crippen LogP contribution in [0.4, 0.5) is 0 Å². The summed E-state index contributed by atoms with van der Waals surface area (Å²) in [6.07, 6.45) is 7.78. The number of carboxylic acid groups (broad SMARTS) is 1. The molecule has 20 heavy (non-hydrogen) atoms. The lowest BCUT2D eigenvalue weighted by atomic mass is 9.70. The van der Waals surface area contributed by atoms with E-state index in [1.54, 1.807) is 6.92 Å². The van der Waals surface area contributed by atoms with Gasteiger partial charge in [0.05, 0.1) is 5.41 Å². The SMILES string of the molecule is CCC1(C(=O)N2CCCC(C)(C(=O)O)C2)CCCCC1. The molecule has 1 unspecified atom stereocenters. The fourth-order valence-electron chi connectivity index (χ4n) is 3.87. The second-order valence-corrected chi connectivity index (χ2v) is 6.89. The van der Waals surface area contributed by atoms with E-state index in [2.05, 4.69) is 6.92 Å². The number of likely N-dealkylation sites (tertiary alicyclic amines) is 1. The zero-order valence-electron chi connectivity index (χ0n) is 12.8. The molecule has 1 aliphatic heterocycles. The number of carbonyl (C=O) groups is 2. The Hall–Kier alpha value is -1.06. The quantitative estimate of drug-likeness (QED) is 0.865. The summed E-state index contributed by atoms with van der Waals surface area (Å²) in [5.74, 6) is -0.559. The maximum Gasteiger partial charge on any atom is 0.311 e. The second kappa shape index (κ2) is 5.74. The minimum Gasteiger partial charge on any atom is -0.481 e. The summed E-state index contributed by atoms with van der Waals surface area (Å²) < 4.78 is 0. The molecule has 0 aromatic carbocycles. The highest BCUT2D eigenvalue weighted by Crippen LogP contribution is 2.42. The normalized spacial score (nSPS) is 30.0. The number of nitrogens with zero attached hydrogens (tertiary/aromatic N) is 1. The van der Waals surface area contributed by atoms with Gasteiger partial charge in [0, 0.05) is 18.5 Å². The number of amides is 1. The van der Waals surface area contributed by atoms with E-state index >= 15 is 0 Å². The predicted molar refractivity (Wildman–Crippen MR) is 77.4 cm³/mol. The van der Waals surface area contributed by atoms with Gasteiger partial charge in [-0.3, -0.25) is 9.59 Å². The van der Waals surface area contributed by atoms with Crippen LogP contribution < -0.4 is 0 Å². The molecule has 0 aromatic heterocycles. The maximum absolute atomic E-state index is 12.9. The molecule has 1 N–H and O–H groups in total. The summed E-state index contributed by atoms with van der Waals surface area (Å²) in [4.78, 5) is 26.2. The number of hydrogen-bond donors (Lipinski definition) is 1. The first-order valence-corrected chi connectivity index (χ1v) is 7.96. The average molecular weight is 281 g/mol. The molecule has 114 valence electrons. The van der Waals surface area contributed by atoms with E-state index in [9.17, 15) is 14.7 Å². The van der Waals surface area contributed by atoms with Crippen molar-refractivity contribution in [1.29, 1.82) is 0 Å². The number of piperidine rings is 1. The van der Waals surface area contributed by atoms with Crippen molar-refractivity contribution in [1.82, 2.24) is 4.90 Å². The van der Waals surface area contributed by atoms with Crippen molar-refractivity contribution in [2.75, 3.05) is 13.1 Å². The molecule has 1 atom stereocenters. The molecule has 1 saturated heterocycles. The lowest BCUT2D eigenvalue weighted by molar-refractivity contribution is -0.157. The van der Waals surface area contributed by atoms with Gasteiger partial charge in [-0.1, -0.05) is 26.2 Å². The first-order chi connectivity index (χ1) is 9.43. The van der Waals surface area contributed by atoms with Crippen molar-refractivity contribution in [2.45, 2.75) is 65.2 Å². The van der Waals surface area contributed by atoms with Gasteiger partial charge in [-0.15, -0.1) is 0 Å². The maximum atomic E-state index is 12.9. The number of carboxylic acids is 1. The van der Waals surface area contributed by atoms with E-state index in [0.29, 0.717) is 13.0 Å². The molecular weight excluding hydrogens is 254 g/mol. The molecule has 2 fully saturated rings. The molecule has 2 aliphatic rings. The van der Waals surface area contributed by atoms with Crippen molar-refractivity contribution in [3.63, 3.8) is 0 Å². The first-order valence-electron chi connectivity index (χ1n) is 7.96. The molecule has 1 amide bonds. The van der Waals surface area contributed by atoms with Crippen LogP contribution in [0.2, 0.25) is 0 Å². The van der Waals surface area contributed by atoms with Crippen LogP contribution in [0, 0.1) is 10.8 Å². The highest BCUT2D eigenvalue weighted by atomic mass is 16.4. The van der Waals surface area contributed by atoms with E-state index in [0.717, 1.165) is 45.1 Å². The van der Waals surface area contributed by atoms with Gasteiger partial charge in [0.15, 0.2) is 0 Å². The Bertz CT molecular complexity index is 387. The van der Waals surface area contributed by atoms with Crippen molar-refractivity contribution >= 4 is 11.9 Å². The first kappa shape index (κ1) is 15.3. The van der Waals surface area contributed by atoms with Crippen LogP contribution >= 0.6 is 0 Å². The third-order valence-corrected chi connectivity index (χ3v) is 5.44. The summed E-state index contributed by atoms with van der Waals surface area (Å²) in [5.41, 5.74) is -0.980. The standard InChI is InChI=1S/C16H27NO3/c1-3-16(9-5-4-6-10-16)13(18)17-11-7-8-15(2,12-17)14(19)20/h3-12H2,1-2H3,(H,19,20). The number of carbonyl (C=O) groups excluding carboxylic acids is 1. The van der Waals surface area contributed by atoms with Crippen LogP contribution in [0.25, 0.3) is 0 Å². The van der Waals surface area contributed by atoms with E-state index in [1.165, 1.54) is 6.42 Å². The third-order valence-electron chi connectivity index (χ3n) is 5.44. The van der Waals surface area contributed by atoms with Gasteiger partial charge in [-0.05, 0) is 39.0 Å². The fourth-order valence-corrected chi connectivity index (χ4v) is 3.87. The van der Waals surface area contributed by atoms with E-state index < -0.39 is 11.4 Å². The largest absolute Gasteiger partial charge is 0.481 e. The van der Waals surface area contributed by atoms with Crippen LogP contribution in [-0.2, 0) is 9.59 Å². The monoisotopic (exact) mass is 281 g/mol. The summed E-state index contributed by atoms with van der Waals surface area (Å²) in [5, 5.41) is 9.39. The van der Waals surface area contributed by atoms with Crippen LogP contribution in [0.15, 0.2) is 0 Å². The molecule has 0 bridgehead atoms. The molecule has 4 nitrogen and oxygen atoms in total. The molecule has 0 radical (unpaired) electrons.